The van der Waals surface area contributed by atoms with Crippen molar-refractivity contribution in [3.63, 3.8) is 0 Å². The molecule has 3 aromatic rings. The molecule has 6 nitrogen and oxygen atoms in total. The number of hydrogen-bond donors (Lipinski definition) is 3. The predicted octanol–water partition coefficient (Wildman–Crippen LogP) is 4.19. The van der Waals surface area contributed by atoms with Gasteiger partial charge in [-0.25, -0.2) is 0 Å². The highest BCUT2D eigenvalue weighted by atomic mass is 16.4. The Morgan fingerprint density at radius 3 is 2.79 bits per heavy atom. The summed E-state index contributed by atoms with van der Waals surface area (Å²) >= 11 is 0. The molecule has 0 spiro atoms. The molecule has 0 fully saturated rings. The van der Waals surface area contributed by atoms with E-state index in [0.717, 1.165) is 22.0 Å². The summed E-state index contributed by atoms with van der Waals surface area (Å²) in [6.07, 6.45) is 2.87. The number of carboxylic acid groups (broad SMARTS) is 1. The van der Waals surface area contributed by atoms with E-state index in [9.17, 15) is 9.59 Å². The molecule has 142 valence electrons. The lowest BCUT2D eigenvalue weighted by Crippen LogP contribution is -2.19. The maximum Gasteiger partial charge on any atom is 0.303 e. The lowest BCUT2D eigenvalue weighted by Gasteiger charge is -2.15. The van der Waals surface area contributed by atoms with E-state index in [0.29, 0.717) is 24.1 Å². The van der Waals surface area contributed by atoms with Gasteiger partial charge in [-0.3, -0.25) is 9.59 Å². The van der Waals surface area contributed by atoms with Crippen molar-refractivity contribution >= 4 is 28.5 Å². The van der Waals surface area contributed by atoms with Crippen LogP contribution in [0.25, 0.3) is 10.9 Å². The Morgan fingerprint density at radius 1 is 1.25 bits per heavy atom. The van der Waals surface area contributed by atoms with E-state index >= 15 is 0 Å². The van der Waals surface area contributed by atoms with Gasteiger partial charge in [0.25, 0.3) is 0 Å². The average molecular weight is 375 g/mol. The van der Waals surface area contributed by atoms with E-state index in [1.165, 1.54) is 0 Å². The first-order valence-corrected chi connectivity index (χ1v) is 9.11. The Bertz CT molecular complexity index is 1060. The van der Waals surface area contributed by atoms with Crippen LogP contribution in [0.3, 0.4) is 0 Å². The number of nitrogens with zero attached hydrogens (tertiary/aromatic N) is 1. The van der Waals surface area contributed by atoms with Crippen LogP contribution in [0.4, 0.5) is 5.69 Å². The molecule has 3 N–H and O–H groups in total. The van der Waals surface area contributed by atoms with Crippen molar-refractivity contribution in [2.24, 2.45) is 0 Å². The quantitative estimate of drug-likeness (QED) is 0.576. The van der Waals surface area contributed by atoms with Crippen LogP contribution in [0, 0.1) is 11.3 Å². The van der Waals surface area contributed by atoms with Gasteiger partial charge < -0.3 is 15.4 Å². The number of nitriles is 1. The van der Waals surface area contributed by atoms with Crippen LogP contribution in [0.2, 0.25) is 0 Å². The third-order valence-corrected chi connectivity index (χ3v) is 4.81. The zero-order valence-corrected chi connectivity index (χ0v) is 15.5. The Balaban J connectivity index is 1.82. The minimum atomic E-state index is -0.854. The molecule has 1 unspecified atom stereocenters. The second kappa shape index (κ2) is 8.40. The molecule has 2 aromatic carbocycles. The van der Waals surface area contributed by atoms with Crippen molar-refractivity contribution in [1.82, 2.24) is 4.98 Å². The van der Waals surface area contributed by atoms with Gasteiger partial charge in [-0.2, -0.15) is 5.26 Å². The molecule has 1 atom stereocenters. The largest absolute Gasteiger partial charge is 0.481 e. The summed E-state index contributed by atoms with van der Waals surface area (Å²) in [5.41, 5.74) is 3.69. The molecule has 0 saturated carbocycles. The summed E-state index contributed by atoms with van der Waals surface area (Å²) in [7, 11) is 0. The molecule has 0 radical (unpaired) electrons. The predicted molar refractivity (Wildman–Crippen MR) is 107 cm³/mol. The number of aromatic nitrogens is 1. The molecule has 3 rings (SSSR count). The number of carbonyl (C=O) groups is 2. The molecule has 0 aliphatic carbocycles. The first kappa shape index (κ1) is 19.2. The van der Waals surface area contributed by atoms with Crippen LogP contribution in [-0.2, 0) is 16.0 Å². The number of benzene rings is 2. The molecule has 6 heteroatoms. The highest BCUT2D eigenvalue weighted by Crippen LogP contribution is 2.27. The van der Waals surface area contributed by atoms with Crippen LogP contribution in [0.15, 0.2) is 48.7 Å². The number of aliphatic carboxylic acids is 1. The van der Waals surface area contributed by atoms with Gasteiger partial charge in [-0.05, 0) is 49.1 Å². The fourth-order valence-corrected chi connectivity index (χ4v) is 3.24. The lowest BCUT2D eigenvalue weighted by atomic mass is 9.98. The Kier molecular flexibility index (Phi) is 5.75. The second-order valence-corrected chi connectivity index (χ2v) is 6.73. The Morgan fingerprint density at radius 2 is 2.04 bits per heavy atom. The summed E-state index contributed by atoms with van der Waals surface area (Å²) in [4.78, 5) is 26.8. The number of H-pyrrole nitrogens is 1. The van der Waals surface area contributed by atoms with Crippen molar-refractivity contribution in [1.29, 1.82) is 5.26 Å². The number of nitrogens with one attached hydrogen (secondary N) is 2. The van der Waals surface area contributed by atoms with Gasteiger partial charge in [0, 0.05) is 29.2 Å². The van der Waals surface area contributed by atoms with Gasteiger partial charge in [0.05, 0.1) is 17.6 Å². The van der Waals surface area contributed by atoms with Crippen LogP contribution in [0.5, 0.6) is 0 Å². The molecule has 0 aliphatic heterocycles. The van der Waals surface area contributed by atoms with E-state index in [4.69, 9.17) is 10.4 Å². The Labute approximate surface area is 162 Å². The number of amides is 1. The number of fused-ring (bicyclic) bond motifs is 1. The van der Waals surface area contributed by atoms with Crippen LogP contribution in [0.1, 0.15) is 42.4 Å². The first-order chi connectivity index (χ1) is 13.5. The zero-order valence-electron chi connectivity index (χ0n) is 15.5. The van der Waals surface area contributed by atoms with Gasteiger partial charge in [0.15, 0.2) is 0 Å². The summed E-state index contributed by atoms with van der Waals surface area (Å²) in [5.74, 6) is -1.43. The number of rotatable bonds is 7. The number of para-hydroxylation sites is 1. The summed E-state index contributed by atoms with van der Waals surface area (Å²) in [6.45, 7) is 1.84. The monoisotopic (exact) mass is 375 g/mol. The van der Waals surface area contributed by atoms with Gasteiger partial charge in [0.2, 0.25) is 5.91 Å². The topological polar surface area (TPSA) is 106 Å². The third kappa shape index (κ3) is 4.21. The van der Waals surface area contributed by atoms with E-state index in [1.54, 1.807) is 18.2 Å². The SMILES string of the molecule is CC(C(=O)Nc1cc(C#N)ccc1CCCC(=O)O)c1c[nH]c2ccccc12. The minimum absolute atomic E-state index is 0.0547. The van der Waals surface area contributed by atoms with Gasteiger partial charge in [-0.15, -0.1) is 0 Å². The number of aryl methyl sites for hydroxylation is 1. The second-order valence-electron chi connectivity index (χ2n) is 6.73. The van der Waals surface area contributed by atoms with Gasteiger partial charge in [0.1, 0.15) is 0 Å². The number of carboxylic acids is 1. The smallest absolute Gasteiger partial charge is 0.303 e. The molecule has 1 heterocycles. The number of anilines is 1. The molecule has 28 heavy (non-hydrogen) atoms. The van der Waals surface area contributed by atoms with E-state index in [-0.39, 0.29) is 12.3 Å². The maximum atomic E-state index is 12.9. The zero-order chi connectivity index (χ0) is 20.1. The third-order valence-electron chi connectivity index (χ3n) is 4.81. The molecule has 0 bridgehead atoms. The first-order valence-electron chi connectivity index (χ1n) is 9.11. The van der Waals surface area contributed by atoms with Crippen molar-refractivity contribution in [2.45, 2.75) is 32.1 Å². The van der Waals surface area contributed by atoms with Crippen LogP contribution >= 0.6 is 0 Å². The summed E-state index contributed by atoms with van der Waals surface area (Å²) in [5, 5.41) is 21.9. The van der Waals surface area contributed by atoms with E-state index in [1.807, 2.05) is 37.4 Å². The average Bonchev–Trinajstić information content (AvgIpc) is 3.12. The molecule has 1 aromatic heterocycles. The molecular weight excluding hydrogens is 354 g/mol. The van der Waals surface area contributed by atoms with Crippen LogP contribution in [-0.4, -0.2) is 22.0 Å². The van der Waals surface area contributed by atoms with Gasteiger partial charge >= 0.3 is 5.97 Å². The standard InChI is InChI=1S/C22H21N3O3/c1-14(18-13-24-19-7-3-2-6-17(18)19)22(28)25-20-11-15(12-23)9-10-16(20)5-4-8-21(26)27/h2-3,6-7,9-11,13-14,24H,4-5,8H2,1H3,(H,25,28)(H,26,27). The van der Waals surface area contributed by atoms with Crippen molar-refractivity contribution < 1.29 is 14.7 Å². The molecule has 0 aliphatic rings. The highest BCUT2D eigenvalue weighted by molar-refractivity contribution is 5.99. The lowest BCUT2D eigenvalue weighted by molar-refractivity contribution is -0.137. The molecule has 1 amide bonds. The van der Waals surface area contributed by atoms with Gasteiger partial charge in [-0.1, -0.05) is 24.3 Å². The van der Waals surface area contributed by atoms with Crippen molar-refractivity contribution in [3.05, 3.63) is 65.4 Å². The number of aromatic amines is 1. The van der Waals surface area contributed by atoms with Crippen molar-refractivity contribution in [2.75, 3.05) is 5.32 Å². The fraction of sp³-hybridized carbons (Fsp3) is 0.227. The summed E-state index contributed by atoms with van der Waals surface area (Å²) in [6, 6.07) is 14.9. The summed E-state index contributed by atoms with van der Waals surface area (Å²) < 4.78 is 0. The van der Waals surface area contributed by atoms with E-state index in [2.05, 4.69) is 16.4 Å². The van der Waals surface area contributed by atoms with Crippen LogP contribution < -0.4 is 5.32 Å². The number of hydrogen-bond acceptors (Lipinski definition) is 3. The molecule has 0 saturated heterocycles. The Hall–Kier alpha value is -3.59. The maximum absolute atomic E-state index is 12.9. The molecular formula is C22H21N3O3. The number of carbonyl (C=O) groups excluding carboxylic acids is 1. The van der Waals surface area contributed by atoms with E-state index < -0.39 is 11.9 Å². The normalized spacial score (nSPS) is 11.7. The van der Waals surface area contributed by atoms with Crippen molar-refractivity contribution in [3.8, 4) is 6.07 Å². The fourth-order valence-electron chi connectivity index (χ4n) is 3.24. The minimum Gasteiger partial charge on any atom is -0.481 e. The highest BCUT2D eigenvalue weighted by Gasteiger charge is 2.20.